The molecule has 1 unspecified atom stereocenters. The van der Waals surface area contributed by atoms with Crippen LogP contribution >= 0.6 is 0 Å². The van der Waals surface area contributed by atoms with Crippen LogP contribution in [0.5, 0.6) is 0 Å². The number of carboxylic acid groups (broad SMARTS) is 1. The molecular weight excluding hydrogens is 207 g/mol. The Labute approximate surface area is 95.1 Å². The highest BCUT2D eigenvalue weighted by atomic mass is 19.1. The van der Waals surface area contributed by atoms with Gasteiger partial charge in [-0.05, 0) is 18.1 Å². The Morgan fingerprint density at radius 1 is 1.50 bits per heavy atom. The number of hydrogen-bond donors (Lipinski definition) is 1. The molecule has 0 amide bonds. The first-order chi connectivity index (χ1) is 7.33. The molecule has 1 N–H and O–H groups in total. The summed E-state index contributed by atoms with van der Waals surface area (Å²) in [6.45, 7) is 5.18. The normalized spacial score (nSPS) is 13.5. The minimum Gasteiger partial charge on any atom is -0.481 e. The summed E-state index contributed by atoms with van der Waals surface area (Å²) in [5.41, 5.74) is 0.976. The number of carbonyl (C=O) groups is 1. The summed E-state index contributed by atoms with van der Waals surface area (Å²) in [6, 6.07) is 7.07. The third-order valence-corrected chi connectivity index (χ3v) is 2.72. The third kappa shape index (κ3) is 3.05. The fraction of sp³-hybridized carbons (Fsp3) is 0.462. The van der Waals surface area contributed by atoms with Crippen molar-refractivity contribution in [3.8, 4) is 0 Å². The summed E-state index contributed by atoms with van der Waals surface area (Å²) in [7, 11) is 0. The van der Waals surface area contributed by atoms with Crippen molar-refractivity contribution < 1.29 is 14.3 Å². The van der Waals surface area contributed by atoms with Crippen molar-refractivity contribution in [2.45, 2.75) is 38.8 Å². The third-order valence-electron chi connectivity index (χ3n) is 2.72. The monoisotopic (exact) mass is 224 g/mol. The summed E-state index contributed by atoms with van der Waals surface area (Å²) < 4.78 is 13.1. The van der Waals surface area contributed by atoms with Crippen LogP contribution in [0.1, 0.15) is 44.5 Å². The van der Waals surface area contributed by atoms with E-state index in [0.717, 1.165) is 5.56 Å². The summed E-state index contributed by atoms with van der Waals surface area (Å²) in [4.78, 5) is 10.7. The zero-order chi connectivity index (χ0) is 12.3. The molecule has 0 fully saturated rings. The van der Waals surface area contributed by atoms with Gasteiger partial charge in [-0.15, -0.1) is 0 Å². The molecule has 0 bridgehead atoms. The Balaban J connectivity index is 3.03. The molecule has 0 saturated carbocycles. The van der Waals surface area contributed by atoms with Gasteiger partial charge in [-0.3, -0.25) is 4.79 Å². The summed E-state index contributed by atoms with van der Waals surface area (Å²) in [5, 5.41) is 8.81. The van der Waals surface area contributed by atoms with Crippen molar-refractivity contribution in [2.24, 2.45) is 0 Å². The van der Waals surface area contributed by atoms with Gasteiger partial charge < -0.3 is 5.11 Å². The Kier molecular flexibility index (Phi) is 3.68. The molecule has 0 spiro atoms. The van der Waals surface area contributed by atoms with Crippen LogP contribution in [0.2, 0.25) is 0 Å². The zero-order valence-electron chi connectivity index (χ0n) is 9.83. The van der Waals surface area contributed by atoms with E-state index in [1.54, 1.807) is 18.2 Å². The lowest BCUT2D eigenvalue weighted by Crippen LogP contribution is -2.21. The SMILES string of the molecule is CC(F)c1cccc(C(C)(C)CC(=O)O)c1. The predicted molar refractivity (Wildman–Crippen MR) is 61.2 cm³/mol. The number of benzene rings is 1. The van der Waals surface area contributed by atoms with E-state index in [0.29, 0.717) is 5.56 Å². The molecule has 88 valence electrons. The Bertz CT molecular complexity index is 383. The van der Waals surface area contributed by atoms with Crippen LogP contribution in [0.15, 0.2) is 24.3 Å². The van der Waals surface area contributed by atoms with E-state index in [4.69, 9.17) is 5.11 Å². The van der Waals surface area contributed by atoms with Crippen LogP contribution in [0.25, 0.3) is 0 Å². The molecule has 0 heterocycles. The van der Waals surface area contributed by atoms with Crippen LogP contribution in [0, 0.1) is 0 Å². The van der Waals surface area contributed by atoms with E-state index in [1.807, 2.05) is 19.9 Å². The average molecular weight is 224 g/mol. The first-order valence-corrected chi connectivity index (χ1v) is 5.29. The van der Waals surface area contributed by atoms with Crippen molar-refractivity contribution in [3.05, 3.63) is 35.4 Å². The minimum absolute atomic E-state index is 0.0388. The highest BCUT2D eigenvalue weighted by Crippen LogP contribution is 2.29. The maximum Gasteiger partial charge on any atom is 0.304 e. The standard InChI is InChI=1S/C13H17FO2/c1-9(14)10-5-4-6-11(7-10)13(2,3)8-12(15)16/h4-7,9H,8H2,1-3H3,(H,15,16). The van der Waals surface area contributed by atoms with Crippen molar-refractivity contribution in [1.29, 1.82) is 0 Å². The maximum absolute atomic E-state index is 13.1. The molecular formula is C13H17FO2. The fourth-order valence-corrected chi connectivity index (χ4v) is 1.69. The summed E-state index contributed by atoms with van der Waals surface area (Å²) in [5.74, 6) is -0.844. The van der Waals surface area contributed by atoms with Crippen molar-refractivity contribution in [3.63, 3.8) is 0 Å². The second-order valence-corrected chi connectivity index (χ2v) is 4.70. The highest BCUT2D eigenvalue weighted by molar-refractivity contribution is 5.68. The van der Waals surface area contributed by atoms with Gasteiger partial charge in [-0.25, -0.2) is 4.39 Å². The second kappa shape index (κ2) is 4.64. The zero-order valence-corrected chi connectivity index (χ0v) is 9.83. The van der Waals surface area contributed by atoms with E-state index in [-0.39, 0.29) is 6.42 Å². The van der Waals surface area contributed by atoms with Crippen LogP contribution in [0.4, 0.5) is 4.39 Å². The number of rotatable bonds is 4. The molecule has 0 aliphatic rings. The van der Waals surface area contributed by atoms with Crippen LogP contribution in [-0.2, 0) is 10.2 Å². The molecule has 0 saturated heterocycles. The van der Waals surface area contributed by atoms with Gasteiger partial charge in [0.05, 0.1) is 6.42 Å². The lowest BCUT2D eigenvalue weighted by atomic mass is 9.81. The summed E-state index contributed by atoms with van der Waals surface area (Å²) in [6.07, 6.45) is -0.988. The molecule has 0 radical (unpaired) electrons. The topological polar surface area (TPSA) is 37.3 Å². The smallest absolute Gasteiger partial charge is 0.304 e. The van der Waals surface area contributed by atoms with Crippen LogP contribution in [-0.4, -0.2) is 11.1 Å². The second-order valence-electron chi connectivity index (χ2n) is 4.70. The first-order valence-electron chi connectivity index (χ1n) is 5.29. The number of aliphatic carboxylic acids is 1. The van der Waals surface area contributed by atoms with E-state index >= 15 is 0 Å². The highest BCUT2D eigenvalue weighted by Gasteiger charge is 2.24. The van der Waals surface area contributed by atoms with Crippen molar-refractivity contribution in [1.82, 2.24) is 0 Å². The number of alkyl halides is 1. The van der Waals surface area contributed by atoms with E-state index in [2.05, 4.69) is 0 Å². The van der Waals surface area contributed by atoms with Crippen molar-refractivity contribution in [2.75, 3.05) is 0 Å². The van der Waals surface area contributed by atoms with Crippen LogP contribution < -0.4 is 0 Å². The van der Waals surface area contributed by atoms with Gasteiger partial charge >= 0.3 is 5.97 Å². The van der Waals surface area contributed by atoms with E-state index in [9.17, 15) is 9.18 Å². The molecule has 2 nitrogen and oxygen atoms in total. The van der Waals surface area contributed by atoms with Gasteiger partial charge in [-0.1, -0.05) is 38.1 Å². The first kappa shape index (κ1) is 12.7. The van der Waals surface area contributed by atoms with Gasteiger partial charge in [0.15, 0.2) is 0 Å². The number of carboxylic acids is 1. The van der Waals surface area contributed by atoms with Crippen molar-refractivity contribution >= 4 is 5.97 Å². The molecule has 0 aliphatic heterocycles. The molecule has 3 heteroatoms. The maximum atomic E-state index is 13.1. The Morgan fingerprint density at radius 3 is 2.62 bits per heavy atom. The fourth-order valence-electron chi connectivity index (χ4n) is 1.69. The van der Waals surface area contributed by atoms with Gasteiger partial charge in [0.2, 0.25) is 0 Å². The lowest BCUT2D eigenvalue weighted by Gasteiger charge is -2.23. The Morgan fingerprint density at radius 2 is 2.12 bits per heavy atom. The molecule has 0 aromatic heterocycles. The largest absolute Gasteiger partial charge is 0.481 e. The van der Waals surface area contributed by atoms with Gasteiger partial charge in [0, 0.05) is 5.41 Å². The number of halogens is 1. The van der Waals surface area contributed by atoms with Crippen LogP contribution in [0.3, 0.4) is 0 Å². The molecule has 16 heavy (non-hydrogen) atoms. The molecule has 0 aliphatic carbocycles. The van der Waals surface area contributed by atoms with E-state index in [1.165, 1.54) is 6.92 Å². The lowest BCUT2D eigenvalue weighted by molar-refractivity contribution is -0.138. The minimum atomic E-state index is -1.03. The number of hydrogen-bond acceptors (Lipinski definition) is 1. The molecule has 1 rings (SSSR count). The molecule has 1 aromatic carbocycles. The van der Waals surface area contributed by atoms with Gasteiger partial charge in [0.25, 0.3) is 0 Å². The average Bonchev–Trinajstić information content (AvgIpc) is 2.16. The quantitative estimate of drug-likeness (QED) is 0.850. The van der Waals surface area contributed by atoms with Gasteiger partial charge in [0.1, 0.15) is 6.17 Å². The Hall–Kier alpha value is -1.38. The molecule has 1 aromatic rings. The summed E-state index contributed by atoms with van der Waals surface area (Å²) >= 11 is 0. The molecule has 1 atom stereocenters. The predicted octanol–water partition coefficient (Wildman–Crippen LogP) is 3.47. The van der Waals surface area contributed by atoms with E-state index < -0.39 is 17.6 Å². The van der Waals surface area contributed by atoms with Gasteiger partial charge in [-0.2, -0.15) is 0 Å².